The Labute approximate surface area is 155 Å². The maximum atomic E-state index is 12.5. The molecule has 9 heteroatoms. The van der Waals surface area contributed by atoms with E-state index >= 15 is 0 Å². The molecule has 1 aliphatic rings. The van der Waals surface area contributed by atoms with Crippen LogP contribution in [0.5, 0.6) is 5.75 Å². The Balaban J connectivity index is 1.63. The highest BCUT2D eigenvalue weighted by Crippen LogP contribution is 2.26. The first-order chi connectivity index (χ1) is 12.0. The number of rotatable bonds is 4. The predicted molar refractivity (Wildman–Crippen MR) is 98.5 cm³/mol. The summed E-state index contributed by atoms with van der Waals surface area (Å²) >= 11 is 7.45. The molecule has 0 bridgehead atoms. The summed E-state index contributed by atoms with van der Waals surface area (Å²) in [5, 5.41) is 13.0. The van der Waals surface area contributed by atoms with Gasteiger partial charge in [-0.3, -0.25) is 5.32 Å². The molecule has 2 amide bonds. The van der Waals surface area contributed by atoms with Gasteiger partial charge in [0, 0.05) is 23.6 Å². The molecule has 2 aromatic rings. The Bertz CT molecular complexity index is 752. The lowest BCUT2D eigenvalue weighted by Gasteiger charge is -2.19. The summed E-state index contributed by atoms with van der Waals surface area (Å²) in [6, 6.07) is 5.23. The average molecular weight is 382 g/mol. The van der Waals surface area contributed by atoms with E-state index in [2.05, 4.69) is 20.4 Å². The molecule has 1 aromatic carbocycles. The van der Waals surface area contributed by atoms with Crippen LogP contribution in [0.25, 0.3) is 0 Å². The number of nitrogens with one attached hydrogen (secondary N) is 1. The first-order valence-corrected chi connectivity index (χ1v) is 9.15. The fourth-order valence-corrected chi connectivity index (χ4v) is 3.34. The van der Waals surface area contributed by atoms with Gasteiger partial charge in [-0.05, 0) is 32.3 Å². The van der Waals surface area contributed by atoms with Crippen molar-refractivity contribution < 1.29 is 9.53 Å². The average Bonchev–Trinajstić information content (AvgIpc) is 2.90. The fraction of sp³-hybridized carbons (Fsp3) is 0.438. The summed E-state index contributed by atoms with van der Waals surface area (Å²) in [5.41, 5.74) is 0.893. The fourth-order valence-electron chi connectivity index (χ4n) is 2.43. The Morgan fingerprint density at radius 3 is 3.08 bits per heavy atom. The third kappa shape index (κ3) is 4.81. The minimum atomic E-state index is -0.216. The quantitative estimate of drug-likeness (QED) is 0.881. The van der Waals surface area contributed by atoms with E-state index in [0.717, 1.165) is 29.3 Å². The van der Waals surface area contributed by atoms with Crippen molar-refractivity contribution in [3.8, 4) is 5.75 Å². The zero-order chi connectivity index (χ0) is 17.8. The molecular formula is C16H20ClN5O2S. The number of amides is 2. The van der Waals surface area contributed by atoms with Crippen LogP contribution in [-0.4, -0.2) is 59.8 Å². The number of hydrogen-bond acceptors (Lipinski definition) is 6. The van der Waals surface area contributed by atoms with Gasteiger partial charge in [0.2, 0.25) is 5.13 Å². The maximum absolute atomic E-state index is 12.5. The van der Waals surface area contributed by atoms with E-state index in [1.165, 1.54) is 11.3 Å². The Hall–Kier alpha value is -1.90. The minimum absolute atomic E-state index is 0.216. The second-order valence-electron chi connectivity index (χ2n) is 6.01. The number of carbonyl (C=O) groups excluding carboxylic acids is 1. The lowest BCUT2D eigenvalue weighted by atomic mass is 10.2. The van der Waals surface area contributed by atoms with Crippen molar-refractivity contribution in [2.24, 2.45) is 0 Å². The van der Waals surface area contributed by atoms with Gasteiger partial charge < -0.3 is 14.5 Å². The Morgan fingerprint density at radius 2 is 2.28 bits per heavy atom. The van der Waals surface area contributed by atoms with Crippen molar-refractivity contribution in [1.29, 1.82) is 0 Å². The number of anilines is 1. The normalized spacial score (nSPS) is 14.0. The van der Waals surface area contributed by atoms with Crippen LogP contribution in [0.2, 0.25) is 5.02 Å². The van der Waals surface area contributed by atoms with Crippen LogP contribution in [0.1, 0.15) is 10.6 Å². The number of urea groups is 1. The summed E-state index contributed by atoms with van der Waals surface area (Å²) in [6.07, 6.45) is 0.809. The third-order valence-electron chi connectivity index (χ3n) is 3.74. The molecule has 1 aliphatic heterocycles. The lowest BCUT2D eigenvalue weighted by Crippen LogP contribution is -2.36. The van der Waals surface area contributed by atoms with E-state index < -0.39 is 0 Å². The van der Waals surface area contributed by atoms with Crippen LogP contribution in [0.4, 0.5) is 9.93 Å². The summed E-state index contributed by atoms with van der Waals surface area (Å²) in [4.78, 5) is 16.3. The van der Waals surface area contributed by atoms with Gasteiger partial charge >= 0.3 is 6.03 Å². The van der Waals surface area contributed by atoms with Gasteiger partial charge in [0.05, 0.1) is 13.1 Å². The zero-order valence-electron chi connectivity index (χ0n) is 14.2. The SMILES string of the molecule is CN(C)CCc1nnc(NC(=O)N2CCOc3ccc(Cl)cc3C2)s1. The zero-order valence-corrected chi connectivity index (χ0v) is 15.7. The molecule has 0 radical (unpaired) electrons. The van der Waals surface area contributed by atoms with Crippen molar-refractivity contribution in [3.05, 3.63) is 33.8 Å². The number of aromatic nitrogens is 2. The van der Waals surface area contributed by atoms with Gasteiger partial charge in [-0.15, -0.1) is 10.2 Å². The van der Waals surface area contributed by atoms with Crippen LogP contribution in [0.15, 0.2) is 18.2 Å². The summed E-state index contributed by atoms with van der Waals surface area (Å²) in [7, 11) is 4.02. The van der Waals surface area contributed by atoms with E-state index in [1.807, 2.05) is 26.2 Å². The second-order valence-corrected chi connectivity index (χ2v) is 7.50. The molecule has 0 saturated heterocycles. The predicted octanol–water partition coefficient (Wildman–Crippen LogP) is 2.72. The summed E-state index contributed by atoms with van der Waals surface area (Å²) in [5.74, 6) is 0.765. The maximum Gasteiger partial charge on any atom is 0.324 e. The molecule has 0 atom stereocenters. The van der Waals surface area contributed by atoms with Crippen LogP contribution < -0.4 is 10.1 Å². The van der Waals surface area contributed by atoms with Crippen LogP contribution >= 0.6 is 22.9 Å². The molecule has 0 spiro atoms. The first kappa shape index (κ1) is 17.9. The molecule has 25 heavy (non-hydrogen) atoms. The molecule has 0 unspecified atom stereocenters. The topological polar surface area (TPSA) is 70.6 Å². The second kappa shape index (κ2) is 7.99. The number of nitrogens with zero attached hydrogens (tertiary/aromatic N) is 4. The van der Waals surface area contributed by atoms with Crippen LogP contribution in [-0.2, 0) is 13.0 Å². The van der Waals surface area contributed by atoms with Crippen molar-refractivity contribution in [2.75, 3.05) is 39.1 Å². The number of likely N-dealkylation sites (N-methyl/N-ethyl adjacent to an activating group) is 1. The molecule has 1 aromatic heterocycles. The molecular weight excluding hydrogens is 362 g/mol. The standard InChI is InChI=1S/C16H20ClN5O2S/c1-21(2)6-5-14-19-20-15(25-14)18-16(23)22-7-8-24-13-4-3-12(17)9-11(13)10-22/h3-4,9H,5-8,10H2,1-2H3,(H,18,20,23). The first-order valence-electron chi connectivity index (χ1n) is 7.95. The van der Waals surface area contributed by atoms with E-state index in [1.54, 1.807) is 11.0 Å². The van der Waals surface area contributed by atoms with Gasteiger partial charge in [0.25, 0.3) is 0 Å². The Morgan fingerprint density at radius 1 is 1.44 bits per heavy atom. The van der Waals surface area contributed by atoms with Gasteiger partial charge in [-0.2, -0.15) is 0 Å². The molecule has 0 aliphatic carbocycles. The largest absolute Gasteiger partial charge is 0.491 e. The molecule has 0 fully saturated rings. The monoisotopic (exact) mass is 381 g/mol. The number of hydrogen-bond donors (Lipinski definition) is 1. The molecule has 0 saturated carbocycles. The van der Waals surface area contributed by atoms with Crippen molar-refractivity contribution in [3.63, 3.8) is 0 Å². The minimum Gasteiger partial charge on any atom is -0.491 e. The van der Waals surface area contributed by atoms with Gasteiger partial charge in [0.15, 0.2) is 0 Å². The molecule has 1 N–H and O–H groups in total. The number of carbonyl (C=O) groups is 1. The van der Waals surface area contributed by atoms with E-state index in [4.69, 9.17) is 16.3 Å². The summed E-state index contributed by atoms with van der Waals surface area (Å²) in [6.45, 7) is 2.26. The number of benzene rings is 1. The van der Waals surface area contributed by atoms with Crippen LogP contribution in [0, 0.1) is 0 Å². The third-order valence-corrected chi connectivity index (χ3v) is 4.88. The molecule has 134 valence electrons. The van der Waals surface area contributed by atoms with Gasteiger partial charge in [-0.1, -0.05) is 22.9 Å². The molecule has 7 nitrogen and oxygen atoms in total. The van der Waals surface area contributed by atoms with Gasteiger partial charge in [0.1, 0.15) is 17.4 Å². The highest BCUT2D eigenvalue weighted by molar-refractivity contribution is 7.15. The van der Waals surface area contributed by atoms with Gasteiger partial charge in [-0.25, -0.2) is 4.79 Å². The highest BCUT2D eigenvalue weighted by Gasteiger charge is 2.21. The lowest BCUT2D eigenvalue weighted by molar-refractivity contribution is 0.200. The number of halogens is 1. The van der Waals surface area contributed by atoms with Crippen LogP contribution in [0.3, 0.4) is 0 Å². The smallest absolute Gasteiger partial charge is 0.324 e. The number of fused-ring (bicyclic) bond motifs is 1. The van der Waals surface area contributed by atoms with E-state index in [-0.39, 0.29) is 6.03 Å². The molecule has 2 heterocycles. The van der Waals surface area contributed by atoms with Crippen molar-refractivity contribution in [1.82, 2.24) is 20.0 Å². The highest BCUT2D eigenvalue weighted by atomic mass is 35.5. The number of ether oxygens (including phenoxy) is 1. The summed E-state index contributed by atoms with van der Waals surface area (Å²) < 4.78 is 5.68. The van der Waals surface area contributed by atoms with Crippen molar-refractivity contribution in [2.45, 2.75) is 13.0 Å². The Kier molecular flexibility index (Phi) is 5.72. The molecule has 3 rings (SSSR count). The van der Waals surface area contributed by atoms with Crippen molar-refractivity contribution >= 4 is 34.1 Å². The van der Waals surface area contributed by atoms with E-state index in [0.29, 0.717) is 29.9 Å². The van der Waals surface area contributed by atoms with E-state index in [9.17, 15) is 4.79 Å².